The van der Waals surface area contributed by atoms with Gasteiger partial charge in [-0.25, -0.2) is 4.39 Å². The van der Waals surface area contributed by atoms with Crippen molar-refractivity contribution in [2.24, 2.45) is 5.92 Å². The van der Waals surface area contributed by atoms with E-state index in [4.69, 9.17) is 0 Å². The van der Waals surface area contributed by atoms with Gasteiger partial charge in [0, 0.05) is 31.4 Å². The maximum atomic E-state index is 14.4. The fourth-order valence-corrected chi connectivity index (χ4v) is 4.62. The van der Waals surface area contributed by atoms with E-state index in [9.17, 15) is 22.4 Å². The summed E-state index contributed by atoms with van der Waals surface area (Å²) >= 11 is 0. The predicted molar refractivity (Wildman–Crippen MR) is 112 cm³/mol. The number of hydrogen-bond acceptors (Lipinski definition) is 3. The highest BCUT2D eigenvalue weighted by molar-refractivity contribution is 5.82. The molecule has 8 heteroatoms. The standard InChI is InChI=1S/C23H25F4N3O/c1-14(2)28-22(31)17-12-15-11-16(23(25,26)27)7-8-19(15)30-10-9-29(13-21(17)30)20-6-4-3-5-18(20)24/h3-8,11,14,17,21H,9-10,12-13H2,1-2H3,(H,28,31)/t17-,21-/m1/s1. The molecule has 2 aromatic carbocycles. The molecule has 31 heavy (non-hydrogen) atoms. The summed E-state index contributed by atoms with van der Waals surface area (Å²) in [5, 5.41) is 2.91. The molecule has 1 N–H and O–H groups in total. The van der Waals surface area contributed by atoms with E-state index in [1.54, 1.807) is 18.2 Å². The van der Waals surface area contributed by atoms with Gasteiger partial charge in [-0.1, -0.05) is 12.1 Å². The Bertz CT molecular complexity index is 976. The van der Waals surface area contributed by atoms with Crippen molar-refractivity contribution in [2.75, 3.05) is 29.4 Å². The molecule has 1 fully saturated rings. The van der Waals surface area contributed by atoms with Gasteiger partial charge in [0.25, 0.3) is 0 Å². The molecule has 1 amide bonds. The third kappa shape index (κ3) is 4.20. The lowest BCUT2D eigenvalue weighted by atomic mass is 9.82. The number of piperazine rings is 1. The van der Waals surface area contributed by atoms with E-state index in [2.05, 4.69) is 5.32 Å². The predicted octanol–water partition coefficient (Wildman–Crippen LogP) is 4.24. The summed E-state index contributed by atoms with van der Waals surface area (Å²) in [6, 6.07) is 9.90. The van der Waals surface area contributed by atoms with Crippen LogP contribution in [0.5, 0.6) is 0 Å². The average Bonchev–Trinajstić information content (AvgIpc) is 2.71. The number of para-hydroxylation sites is 1. The first-order valence-electron chi connectivity index (χ1n) is 10.4. The maximum Gasteiger partial charge on any atom is 0.416 e. The monoisotopic (exact) mass is 435 g/mol. The number of fused-ring (bicyclic) bond motifs is 3. The minimum atomic E-state index is -4.44. The van der Waals surface area contributed by atoms with Gasteiger partial charge < -0.3 is 15.1 Å². The number of carbonyl (C=O) groups is 1. The van der Waals surface area contributed by atoms with Crippen molar-refractivity contribution in [1.82, 2.24) is 5.32 Å². The van der Waals surface area contributed by atoms with E-state index >= 15 is 0 Å². The summed E-state index contributed by atoms with van der Waals surface area (Å²) in [5.74, 6) is -1.05. The van der Waals surface area contributed by atoms with Crippen molar-refractivity contribution in [3.63, 3.8) is 0 Å². The Morgan fingerprint density at radius 2 is 1.84 bits per heavy atom. The molecule has 0 aliphatic carbocycles. The Labute approximate surface area is 178 Å². The topological polar surface area (TPSA) is 35.6 Å². The van der Waals surface area contributed by atoms with Gasteiger partial charge >= 0.3 is 6.18 Å². The number of nitrogens with one attached hydrogen (secondary N) is 1. The second-order valence-electron chi connectivity index (χ2n) is 8.47. The lowest BCUT2D eigenvalue weighted by Crippen LogP contribution is -2.61. The van der Waals surface area contributed by atoms with Crippen molar-refractivity contribution < 1.29 is 22.4 Å². The first-order valence-corrected chi connectivity index (χ1v) is 10.4. The van der Waals surface area contributed by atoms with Crippen LogP contribution in [0.1, 0.15) is 25.0 Å². The number of amides is 1. The molecular weight excluding hydrogens is 410 g/mol. The van der Waals surface area contributed by atoms with Crippen LogP contribution in [0.15, 0.2) is 42.5 Å². The van der Waals surface area contributed by atoms with Crippen LogP contribution in [0, 0.1) is 11.7 Å². The van der Waals surface area contributed by atoms with Crippen LogP contribution in [0.3, 0.4) is 0 Å². The molecule has 0 unspecified atom stereocenters. The minimum absolute atomic E-state index is 0.0879. The van der Waals surface area contributed by atoms with Crippen molar-refractivity contribution in [3.05, 3.63) is 59.4 Å². The van der Waals surface area contributed by atoms with Gasteiger partial charge in [0.05, 0.1) is 23.2 Å². The van der Waals surface area contributed by atoms with Crippen LogP contribution in [-0.2, 0) is 17.4 Å². The Hall–Kier alpha value is -2.77. The summed E-state index contributed by atoms with van der Waals surface area (Å²) in [6.45, 7) is 5.11. The number of halogens is 4. The van der Waals surface area contributed by atoms with Gasteiger partial charge in [0.2, 0.25) is 5.91 Å². The molecule has 4 rings (SSSR count). The maximum absolute atomic E-state index is 14.4. The van der Waals surface area contributed by atoms with E-state index < -0.39 is 17.7 Å². The zero-order valence-electron chi connectivity index (χ0n) is 17.4. The molecule has 2 heterocycles. The first-order chi connectivity index (χ1) is 14.6. The van der Waals surface area contributed by atoms with Crippen molar-refractivity contribution in [1.29, 1.82) is 0 Å². The molecule has 2 aliphatic heterocycles. The highest BCUT2D eigenvalue weighted by Gasteiger charge is 2.43. The summed E-state index contributed by atoms with van der Waals surface area (Å²) < 4.78 is 54.2. The van der Waals surface area contributed by atoms with E-state index in [-0.39, 0.29) is 30.2 Å². The Morgan fingerprint density at radius 3 is 2.52 bits per heavy atom. The molecule has 4 nitrogen and oxygen atoms in total. The van der Waals surface area contributed by atoms with Crippen molar-refractivity contribution >= 4 is 17.3 Å². The Kier molecular flexibility index (Phi) is 5.58. The second-order valence-corrected chi connectivity index (χ2v) is 8.47. The average molecular weight is 435 g/mol. The fraction of sp³-hybridized carbons (Fsp3) is 0.435. The normalized spacial score (nSPS) is 21.0. The Morgan fingerprint density at radius 1 is 1.10 bits per heavy atom. The zero-order chi connectivity index (χ0) is 22.3. The summed E-state index contributed by atoms with van der Waals surface area (Å²) in [7, 11) is 0. The highest BCUT2D eigenvalue weighted by Crippen LogP contribution is 2.40. The molecular formula is C23H25F4N3O. The number of nitrogens with zero attached hydrogens (tertiary/aromatic N) is 2. The molecule has 0 saturated carbocycles. The molecule has 166 valence electrons. The Balaban J connectivity index is 1.70. The van der Waals surface area contributed by atoms with Crippen LogP contribution in [-0.4, -0.2) is 37.6 Å². The van der Waals surface area contributed by atoms with Gasteiger partial charge in [-0.2, -0.15) is 13.2 Å². The van der Waals surface area contributed by atoms with Crippen molar-refractivity contribution in [2.45, 2.75) is 38.5 Å². The van der Waals surface area contributed by atoms with Crippen LogP contribution in [0.25, 0.3) is 0 Å². The van der Waals surface area contributed by atoms with Crippen LogP contribution >= 0.6 is 0 Å². The van der Waals surface area contributed by atoms with E-state index in [0.717, 1.165) is 17.8 Å². The van der Waals surface area contributed by atoms with Gasteiger partial charge in [-0.3, -0.25) is 4.79 Å². The second kappa shape index (κ2) is 8.05. The van der Waals surface area contributed by atoms with Gasteiger partial charge in [-0.15, -0.1) is 0 Å². The fourth-order valence-electron chi connectivity index (χ4n) is 4.62. The molecule has 2 aromatic rings. The molecule has 2 aliphatic rings. The van der Waals surface area contributed by atoms with E-state index in [0.29, 0.717) is 30.9 Å². The number of anilines is 2. The smallest absolute Gasteiger partial charge is 0.365 e. The van der Waals surface area contributed by atoms with Crippen LogP contribution in [0.4, 0.5) is 28.9 Å². The van der Waals surface area contributed by atoms with Crippen LogP contribution < -0.4 is 15.1 Å². The number of alkyl halides is 3. The lowest BCUT2D eigenvalue weighted by molar-refractivity contribution is -0.137. The van der Waals surface area contributed by atoms with Crippen molar-refractivity contribution in [3.8, 4) is 0 Å². The van der Waals surface area contributed by atoms with Gasteiger partial charge in [0.15, 0.2) is 0 Å². The zero-order valence-corrected chi connectivity index (χ0v) is 17.4. The highest BCUT2D eigenvalue weighted by atomic mass is 19.4. The molecule has 0 aromatic heterocycles. The molecule has 1 saturated heterocycles. The molecule has 0 spiro atoms. The summed E-state index contributed by atoms with van der Waals surface area (Å²) in [5.41, 5.74) is 1.01. The third-order valence-corrected chi connectivity index (χ3v) is 6.00. The van der Waals surface area contributed by atoms with E-state index in [1.165, 1.54) is 12.1 Å². The quantitative estimate of drug-likeness (QED) is 0.733. The van der Waals surface area contributed by atoms with Gasteiger partial charge in [-0.05, 0) is 56.2 Å². The third-order valence-electron chi connectivity index (χ3n) is 6.00. The number of hydrogen-bond donors (Lipinski definition) is 1. The molecule has 2 atom stereocenters. The van der Waals surface area contributed by atoms with E-state index in [1.807, 2.05) is 23.6 Å². The minimum Gasteiger partial charge on any atom is -0.365 e. The SMILES string of the molecule is CC(C)NC(=O)[C@@H]1Cc2cc(C(F)(F)F)ccc2N2CCN(c3ccccc3F)C[C@H]12. The largest absolute Gasteiger partial charge is 0.416 e. The van der Waals surface area contributed by atoms with Gasteiger partial charge in [0.1, 0.15) is 5.82 Å². The number of rotatable bonds is 3. The number of benzene rings is 2. The molecule has 0 radical (unpaired) electrons. The van der Waals surface area contributed by atoms with Crippen LogP contribution in [0.2, 0.25) is 0 Å². The summed E-state index contributed by atoms with van der Waals surface area (Å²) in [4.78, 5) is 16.9. The first kappa shape index (κ1) is 21.5. The lowest BCUT2D eigenvalue weighted by Gasteiger charge is -2.49. The summed E-state index contributed by atoms with van der Waals surface area (Å²) in [6.07, 6.45) is -4.23. The molecule has 0 bridgehead atoms. The number of carbonyl (C=O) groups excluding carboxylic acids is 1.